The molecule has 0 aliphatic carbocycles. The van der Waals surface area contributed by atoms with Gasteiger partial charge in [-0.05, 0) is 14.0 Å². The predicted octanol–water partition coefficient (Wildman–Crippen LogP) is -0.319. The Balaban J connectivity index is 2.39. The molecule has 0 aromatic heterocycles. The molecule has 0 spiro atoms. The zero-order chi connectivity index (χ0) is 10.6. The largest absolute Gasteiger partial charge is 0.479 e. The molecule has 1 N–H and O–H groups in total. The predicted molar refractivity (Wildman–Crippen MR) is 52.1 cm³/mol. The van der Waals surface area contributed by atoms with Gasteiger partial charge in [0.05, 0.1) is 6.61 Å². The number of hydrogen-bond donors (Lipinski definition) is 1. The summed E-state index contributed by atoms with van der Waals surface area (Å²) in [6, 6.07) is 0. The summed E-state index contributed by atoms with van der Waals surface area (Å²) in [6.07, 6.45) is -0.476. The summed E-state index contributed by atoms with van der Waals surface area (Å²) in [7, 11) is 1.83. The molecule has 1 atom stereocenters. The maximum Gasteiger partial charge on any atom is 0.336 e. The van der Waals surface area contributed by atoms with Crippen molar-refractivity contribution in [3.63, 3.8) is 0 Å². The molecule has 0 aromatic carbocycles. The van der Waals surface area contributed by atoms with Gasteiger partial charge < -0.3 is 9.84 Å². The molecular weight excluding hydrogens is 184 g/mol. The first-order chi connectivity index (χ1) is 6.66. The van der Waals surface area contributed by atoms with Crippen molar-refractivity contribution >= 4 is 5.97 Å². The third kappa shape index (κ3) is 2.67. The van der Waals surface area contributed by atoms with Crippen LogP contribution in [0, 0.1) is 0 Å². The first-order valence-electron chi connectivity index (χ1n) is 4.91. The van der Waals surface area contributed by atoms with Crippen LogP contribution in [0.5, 0.6) is 0 Å². The highest BCUT2D eigenvalue weighted by Gasteiger charge is 2.34. The average Bonchev–Trinajstić information content (AvgIpc) is 2.47. The second-order valence-corrected chi connectivity index (χ2v) is 3.43. The van der Waals surface area contributed by atoms with Crippen LogP contribution in [-0.4, -0.2) is 66.9 Å². The number of aliphatic carboxylic acids is 1. The number of likely N-dealkylation sites (N-methyl/N-ethyl adjacent to an activating group) is 1. The van der Waals surface area contributed by atoms with E-state index in [0.29, 0.717) is 19.8 Å². The van der Waals surface area contributed by atoms with E-state index in [-0.39, 0.29) is 0 Å². The third-order valence-corrected chi connectivity index (χ3v) is 2.45. The van der Waals surface area contributed by atoms with Gasteiger partial charge in [-0.25, -0.2) is 4.79 Å². The van der Waals surface area contributed by atoms with E-state index in [1.54, 1.807) is 0 Å². The number of carbonyl (C=O) groups is 1. The number of ether oxygens (including phenoxy) is 1. The second-order valence-electron chi connectivity index (χ2n) is 3.43. The summed E-state index contributed by atoms with van der Waals surface area (Å²) in [6.45, 7) is 5.53. The average molecular weight is 202 g/mol. The number of rotatable bonds is 5. The van der Waals surface area contributed by atoms with Gasteiger partial charge in [0.15, 0.2) is 6.17 Å². The highest BCUT2D eigenvalue weighted by Crippen LogP contribution is 2.11. The standard InChI is InChI=1S/C9H18N2O3/c1-3-14-7-6-11-5-4-10(2)8(11)9(12)13/h8H,3-7H2,1-2H3,(H,12,13). The minimum atomic E-state index is -0.776. The van der Waals surface area contributed by atoms with Gasteiger partial charge in [-0.3, -0.25) is 9.80 Å². The Kier molecular flexibility index (Phi) is 4.31. The molecule has 0 radical (unpaired) electrons. The van der Waals surface area contributed by atoms with E-state index >= 15 is 0 Å². The maximum atomic E-state index is 10.9. The minimum Gasteiger partial charge on any atom is -0.479 e. The van der Waals surface area contributed by atoms with Gasteiger partial charge >= 0.3 is 5.97 Å². The van der Waals surface area contributed by atoms with Crippen LogP contribution in [0.4, 0.5) is 0 Å². The summed E-state index contributed by atoms with van der Waals surface area (Å²) < 4.78 is 5.21. The zero-order valence-corrected chi connectivity index (χ0v) is 8.77. The van der Waals surface area contributed by atoms with Crippen LogP contribution in [0.15, 0.2) is 0 Å². The van der Waals surface area contributed by atoms with Crippen LogP contribution in [0.1, 0.15) is 6.92 Å². The Bertz CT molecular complexity index is 198. The molecule has 82 valence electrons. The summed E-state index contributed by atoms with van der Waals surface area (Å²) in [5.74, 6) is -0.776. The van der Waals surface area contributed by atoms with E-state index < -0.39 is 12.1 Å². The molecule has 1 fully saturated rings. The topological polar surface area (TPSA) is 53.0 Å². The molecule has 5 nitrogen and oxygen atoms in total. The van der Waals surface area contributed by atoms with Crippen molar-refractivity contribution in [3.05, 3.63) is 0 Å². The molecule has 0 aromatic rings. The zero-order valence-electron chi connectivity index (χ0n) is 8.77. The first-order valence-corrected chi connectivity index (χ1v) is 4.91. The second kappa shape index (κ2) is 5.29. The molecule has 0 saturated carbocycles. The third-order valence-electron chi connectivity index (χ3n) is 2.45. The lowest BCUT2D eigenvalue weighted by Crippen LogP contribution is -2.44. The number of carboxylic acid groups (broad SMARTS) is 1. The molecule has 5 heteroatoms. The van der Waals surface area contributed by atoms with E-state index in [9.17, 15) is 4.79 Å². The Morgan fingerprint density at radius 1 is 1.57 bits per heavy atom. The molecule has 14 heavy (non-hydrogen) atoms. The molecule has 1 unspecified atom stereocenters. The molecule has 1 heterocycles. The highest BCUT2D eigenvalue weighted by atomic mass is 16.5. The Hall–Kier alpha value is -0.650. The molecular formula is C9H18N2O3. The quantitative estimate of drug-likeness (QED) is 0.619. The minimum absolute atomic E-state index is 0.476. The summed E-state index contributed by atoms with van der Waals surface area (Å²) in [4.78, 5) is 14.7. The molecule has 1 rings (SSSR count). The summed E-state index contributed by atoms with van der Waals surface area (Å²) in [5, 5.41) is 8.99. The van der Waals surface area contributed by atoms with Gasteiger partial charge in [0, 0.05) is 26.2 Å². The van der Waals surface area contributed by atoms with Crippen LogP contribution in [0.25, 0.3) is 0 Å². The Labute approximate surface area is 84.2 Å². The lowest BCUT2D eigenvalue weighted by Gasteiger charge is -2.23. The molecule has 1 aliphatic heterocycles. The van der Waals surface area contributed by atoms with Crippen LogP contribution in [0.3, 0.4) is 0 Å². The summed E-state index contributed by atoms with van der Waals surface area (Å²) in [5.41, 5.74) is 0. The fourth-order valence-electron chi connectivity index (χ4n) is 1.71. The van der Waals surface area contributed by atoms with Crippen LogP contribution in [0.2, 0.25) is 0 Å². The monoisotopic (exact) mass is 202 g/mol. The van der Waals surface area contributed by atoms with E-state index in [0.717, 1.165) is 13.1 Å². The molecule has 1 aliphatic rings. The van der Waals surface area contributed by atoms with E-state index in [2.05, 4.69) is 0 Å². The molecule has 1 saturated heterocycles. The van der Waals surface area contributed by atoms with Crippen molar-refractivity contribution in [1.29, 1.82) is 0 Å². The number of nitrogens with zero attached hydrogens (tertiary/aromatic N) is 2. The molecule has 0 amide bonds. The van der Waals surface area contributed by atoms with Gasteiger partial charge in [0.1, 0.15) is 0 Å². The van der Waals surface area contributed by atoms with Crippen molar-refractivity contribution < 1.29 is 14.6 Å². The van der Waals surface area contributed by atoms with Crippen molar-refractivity contribution in [2.45, 2.75) is 13.1 Å². The van der Waals surface area contributed by atoms with Crippen molar-refractivity contribution in [1.82, 2.24) is 9.80 Å². The van der Waals surface area contributed by atoms with Gasteiger partial charge in [0.25, 0.3) is 0 Å². The fourth-order valence-corrected chi connectivity index (χ4v) is 1.71. The Morgan fingerprint density at radius 3 is 2.86 bits per heavy atom. The lowest BCUT2D eigenvalue weighted by molar-refractivity contribution is -0.146. The van der Waals surface area contributed by atoms with Gasteiger partial charge in [0.2, 0.25) is 0 Å². The van der Waals surface area contributed by atoms with Crippen LogP contribution in [-0.2, 0) is 9.53 Å². The van der Waals surface area contributed by atoms with E-state index in [1.807, 2.05) is 23.8 Å². The van der Waals surface area contributed by atoms with E-state index in [1.165, 1.54) is 0 Å². The van der Waals surface area contributed by atoms with Gasteiger partial charge in [-0.15, -0.1) is 0 Å². The highest BCUT2D eigenvalue weighted by molar-refractivity contribution is 5.73. The van der Waals surface area contributed by atoms with Crippen molar-refractivity contribution in [2.24, 2.45) is 0 Å². The van der Waals surface area contributed by atoms with Gasteiger partial charge in [-0.2, -0.15) is 0 Å². The summed E-state index contributed by atoms with van der Waals surface area (Å²) >= 11 is 0. The normalized spacial score (nSPS) is 24.3. The van der Waals surface area contributed by atoms with Crippen molar-refractivity contribution in [2.75, 3.05) is 39.9 Å². The SMILES string of the molecule is CCOCCN1CCN(C)C1C(=O)O. The maximum absolute atomic E-state index is 10.9. The van der Waals surface area contributed by atoms with Crippen molar-refractivity contribution in [3.8, 4) is 0 Å². The number of carboxylic acids is 1. The fraction of sp³-hybridized carbons (Fsp3) is 0.889. The van der Waals surface area contributed by atoms with Crippen LogP contribution >= 0.6 is 0 Å². The molecule has 0 bridgehead atoms. The van der Waals surface area contributed by atoms with E-state index in [4.69, 9.17) is 9.84 Å². The van der Waals surface area contributed by atoms with Gasteiger partial charge in [-0.1, -0.05) is 0 Å². The Morgan fingerprint density at radius 2 is 2.29 bits per heavy atom. The number of hydrogen-bond acceptors (Lipinski definition) is 4. The lowest BCUT2D eigenvalue weighted by atomic mass is 10.4. The smallest absolute Gasteiger partial charge is 0.336 e. The first kappa shape index (κ1) is 11.4. The van der Waals surface area contributed by atoms with Crippen LogP contribution < -0.4 is 0 Å².